The van der Waals surface area contributed by atoms with E-state index >= 15 is 0 Å². The standard InChI is InChI=1S/C16H17ClN6O/c1-19-16-14-10(8-18)3-4-12(14)21-13(22-16)7-11-9-20-23(15(11)17)5-6-24-2/h3,9H,4-7H2,1-2H3,(H,19,21,22). The molecule has 0 spiro atoms. The van der Waals surface area contributed by atoms with Crippen molar-refractivity contribution in [1.29, 1.82) is 5.26 Å². The first kappa shape index (κ1) is 16.4. The molecule has 8 heteroatoms. The van der Waals surface area contributed by atoms with Gasteiger partial charge < -0.3 is 10.1 Å². The number of methoxy groups -OCH3 is 1. The molecule has 0 aromatic carbocycles. The molecule has 7 nitrogen and oxygen atoms in total. The number of ether oxygens (including phenoxy) is 1. The maximum absolute atomic E-state index is 9.21. The van der Waals surface area contributed by atoms with E-state index in [2.05, 4.69) is 26.5 Å². The molecular formula is C16H17ClN6O. The van der Waals surface area contributed by atoms with E-state index in [4.69, 9.17) is 16.3 Å². The van der Waals surface area contributed by atoms with Gasteiger partial charge in [0.1, 0.15) is 16.8 Å². The predicted octanol–water partition coefficient (Wildman–Crippen LogP) is 2.07. The van der Waals surface area contributed by atoms with E-state index < -0.39 is 0 Å². The molecule has 0 aliphatic heterocycles. The van der Waals surface area contributed by atoms with Gasteiger partial charge in [-0.25, -0.2) is 9.97 Å². The average molecular weight is 345 g/mol. The average Bonchev–Trinajstić information content (AvgIpc) is 3.16. The van der Waals surface area contributed by atoms with Gasteiger partial charge in [0.2, 0.25) is 0 Å². The minimum absolute atomic E-state index is 0.482. The van der Waals surface area contributed by atoms with Crippen molar-refractivity contribution in [1.82, 2.24) is 19.7 Å². The maximum atomic E-state index is 9.21. The van der Waals surface area contributed by atoms with Crippen molar-refractivity contribution in [3.63, 3.8) is 0 Å². The molecule has 1 N–H and O–H groups in total. The van der Waals surface area contributed by atoms with Crippen LogP contribution in [0, 0.1) is 11.3 Å². The van der Waals surface area contributed by atoms with Crippen molar-refractivity contribution < 1.29 is 4.74 Å². The first-order valence-corrected chi connectivity index (χ1v) is 7.93. The number of nitrogens with zero attached hydrogens (tertiary/aromatic N) is 5. The van der Waals surface area contributed by atoms with Crippen molar-refractivity contribution in [2.24, 2.45) is 0 Å². The van der Waals surface area contributed by atoms with Crippen LogP contribution in [0.3, 0.4) is 0 Å². The molecule has 124 valence electrons. The Hall–Kier alpha value is -2.43. The Kier molecular flexibility index (Phi) is 4.79. The fourth-order valence-electron chi connectivity index (χ4n) is 2.68. The second-order valence-electron chi connectivity index (χ2n) is 5.35. The van der Waals surface area contributed by atoms with Gasteiger partial charge in [0.25, 0.3) is 0 Å². The van der Waals surface area contributed by atoms with E-state index in [1.54, 1.807) is 25.0 Å². The Morgan fingerprint density at radius 1 is 1.46 bits per heavy atom. The van der Waals surface area contributed by atoms with Crippen molar-refractivity contribution in [3.8, 4) is 6.07 Å². The van der Waals surface area contributed by atoms with Gasteiger partial charge in [-0.15, -0.1) is 0 Å². The molecule has 0 radical (unpaired) electrons. The Bertz CT molecular complexity index is 836. The molecule has 0 bridgehead atoms. The van der Waals surface area contributed by atoms with Gasteiger partial charge >= 0.3 is 0 Å². The first-order chi connectivity index (χ1) is 11.7. The number of nitrogens with one attached hydrogen (secondary N) is 1. The Labute approximate surface area is 144 Å². The van der Waals surface area contributed by atoms with Crippen LogP contribution < -0.4 is 5.32 Å². The highest BCUT2D eigenvalue weighted by Gasteiger charge is 2.22. The number of anilines is 1. The van der Waals surface area contributed by atoms with Gasteiger partial charge in [-0.05, 0) is 0 Å². The number of aromatic nitrogens is 4. The smallest absolute Gasteiger partial charge is 0.138 e. The molecule has 24 heavy (non-hydrogen) atoms. The third kappa shape index (κ3) is 2.98. The zero-order valence-electron chi connectivity index (χ0n) is 13.5. The van der Waals surface area contributed by atoms with Crippen LogP contribution in [0.15, 0.2) is 12.3 Å². The summed E-state index contributed by atoms with van der Waals surface area (Å²) in [6.07, 6.45) is 4.73. The highest BCUT2D eigenvalue weighted by Crippen LogP contribution is 2.31. The second-order valence-corrected chi connectivity index (χ2v) is 5.71. The van der Waals surface area contributed by atoms with Gasteiger partial charge in [0, 0.05) is 32.6 Å². The topological polar surface area (TPSA) is 88.7 Å². The van der Waals surface area contributed by atoms with Crippen molar-refractivity contribution in [2.45, 2.75) is 19.4 Å². The third-order valence-corrected chi connectivity index (χ3v) is 4.29. The van der Waals surface area contributed by atoms with Crippen LogP contribution in [-0.4, -0.2) is 40.5 Å². The largest absolute Gasteiger partial charge is 0.383 e. The Morgan fingerprint density at radius 2 is 2.29 bits per heavy atom. The van der Waals surface area contributed by atoms with E-state index in [1.807, 2.05) is 6.08 Å². The van der Waals surface area contributed by atoms with Crippen LogP contribution >= 0.6 is 11.6 Å². The number of rotatable bonds is 6. The lowest BCUT2D eigenvalue weighted by atomic mass is 10.1. The van der Waals surface area contributed by atoms with Crippen molar-refractivity contribution in [2.75, 3.05) is 26.1 Å². The fourth-order valence-corrected chi connectivity index (χ4v) is 2.93. The molecule has 2 heterocycles. The fraction of sp³-hybridized carbons (Fsp3) is 0.375. The van der Waals surface area contributed by atoms with E-state index in [9.17, 15) is 5.26 Å². The molecular weight excluding hydrogens is 328 g/mol. The van der Waals surface area contributed by atoms with Crippen LogP contribution in [0.5, 0.6) is 0 Å². The zero-order valence-corrected chi connectivity index (χ0v) is 14.3. The molecule has 0 unspecified atom stereocenters. The van der Waals surface area contributed by atoms with E-state index in [1.165, 1.54) is 0 Å². The summed E-state index contributed by atoms with van der Waals surface area (Å²) in [7, 11) is 3.43. The molecule has 0 saturated carbocycles. The summed E-state index contributed by atoms with van der Waals surface area (Å²) in [6.45, 7) is 1.14. The van der Waals surface area contributed by atoms with Crippen LogP contribution in [0.25, 0.3) is 5.57 Å². The number of fused-ring (bicyclic) bond motifs is 1. The highest BCUT2D eigenvalue weighted by molar-refractivity contribution is 6.30. The lowest BCUT2D eigenvalue weighted by molar-refractivity contribution is 0.183. The van der Waals surface area contributed by atoms with E-state index in [-0.39, 0.29) is 0 Å². The summed E-state index contributed by atoms with van der Waals surface area (Å²) >= 11 is 6.37. The minimum atomic E-state index is 0.482. The lowest BCUT2D eigenvalue weighted by Gasteiger charge is -2.10. The van der Waals surface area contributed by atoms with Crippen molar-refractivity contribution in [3.05, 3.63) is 40.1 Å². The molecule has 1 aliphatic rings. The van der Waals surface area contributed by atoms with Crippen LogP contribution in [0.4, 0.5) is 5.82 Å². The van der Waals surface area contributed by atoms with Gasteiger partial charge in [-0.1, -0.05) is 17.7 Å². The summed E-state index contributed by atoms with van der Waals surface area (Å²) in [5, 5.41) is 17.1. The van der Waals surface area contributed by atoms with Crippen LogP contribution in [0.2, 0.25) is 5.15 Å². The molecule has 0 amide bonds. The first-order valence-electron chi connectivity index (χ1n) is 7.55. The lowest BCUT2D eigenvalue weighted by Crippen LogP contribution is -2.08. The van der Waals surface area contributed by atoms with Gasteiger partial charge in [0.05, 0.1) is 42.2 Å². The minimum Gasteiger partial charge on any atom is -0.383 e. The highest BCUT2D eigenvalue weighted by atomic mass is 35.5. The van der Waals surface area contributed by atoms with Crippen molar-refractivity contribution >= 4 is 23.0 Å². The summed E-state index contributed by atoms with van der Waals surface area (Å²) in [6, 6.07) is 2.19. The second kappa shape index (κ2) is 6.99. The number of allylic oxidation sites excluding steroid dienone is 2. The molecule has 0 saturated heterocycles. The quantitative estimate of drug-likeness (QED) is 0.863. The summed E-state index contributed by atoms with van der Waals surface area (Å²) in [4.78, 5) is 9.13. The summed E-state index contributed by atoms with van der Waals surface area (Å²) in [5.74, 6) is 1.32. The Morgan fingerprint density at radius 3 is 3.00 bits per heavy atom. The number of hydrogen-bond donors (Lipinski definition) is 1. The molecule has 0 fully saturated rings. The normalized spacial score (nSPS) is 12.7. The van der Waals surface area contributed by atoms with Crippen LogP contribution in [-0.2, 0) is 24.1 Å². The zero-order chi connectivity index (χ0) is 17.1. The molecule has 3 rings (SSSR count). The number of nitriles is 1. The van der Waals surface area contributed by atoms with Gasteiger partial charge in [0.15, 0.2) is 0 Å². The molecule has 2 aromatic heterocycles. The Balaban J connectivity index is 1.88. The van der Waals surface area contributed by atoms with E-state index in [0.717, 1.165) is 16.8 Å². The molecule has 0 atom stereocenters. The third-order valence-electron chi connectivity index (χ3n) is 3.86. The summed E-state index contributed by atoms with van der Waals surface area (Å²) in [5.41, 5.74) is 3.14. The maximum Gasteiger partial charge on any atom is 0.138 e. The SMILES string of the molecule is CNc1nc(Cc2cnn(CCOC)c2Cl)nc2c1C(C#N)=CC2. The van der Waals surface area contributed by atoms with E-state index in [0.29, 0.717) is 48.4 Å². The number of hydrogen-bond acceptors (Lipinski definition) is 6. The van der Waals surface area contributed by atoms with Crippen LogP contribution in [0.1, 0.15) is 22.6 Å². The number of halogens is 1. The molecule has 2 aromatic rings. The van der Waals surface area contributed by atoms with Gasteiger partial charge in [-0.2, -0.15) is 10.4 Å². The molecule has 1 aliphatic carbocycles. The predicted molar refractivity (Wildman–Crippen MR) is 90.8 cm³/mol. The monoisotopic (exact) mass is 344 g/mol. The van der Waals surface area contributed by atoms with Gasteiger partial charge in [-0.3, -0.25) is 4.68 Å². The summed E-state index contributed by atoms with van der Waals surface area (Å²) < 4.78 is 6.74.